The van der Waals surface area contributed by atoms with Gasteiger partial charge in [-0.1, -0.05) is 19.3 Å². The first-order valence-electron chi connectivity index (χ1n) is 5.51. The molecule has 4 heteroatoms. The zero-order chi connectivity index (χ0) is 10.8. The van der Waals surface area contributed by atoms with Gasteiger partial charge in [0.15, 0.2) is 0 Å². The Morgan fingerprint density at radius 1 is 1.40 bits per heavy atom. The normalized spacial score (nSPS) is 27.7. The molecule has 0 amide bonds. The van der Waals surface area contributed by atoms with Crippen LogP contribution in [0.3, 0.4) is 0 Å². The van der Waals surface area contributed by atoms with Gasteiger partial charge in [0, 0.05) is 18.3 Å². The maximum Gasteiger partial charge on any atom is 0.0635 e. The van der Waals surface area contributed by atoms with Gasteiger partial charge in [-0.25, -0.2) is 0 Å². The van der Waals surface area contributed by atoms with Gasteiger partial charge in [-0.15, -0.1) is 11.6 Å². The van der Waals surface area contributed by atoms with Gasteiger partial charge in [0.05, 0.1) is 16.4 Å². The van der Waals surface area contributed by atoms with Crippen molar-refractivity contribution < 1.29 is 0 Å². The molecule has 0 aliphatic heterocycles. The predicted octanol–water partition coefficient (Wildman–Crippen LogP) is 3.84. The van der Waals surface area contributed by atoms with E-state index in [-0.39, 0.29) is 5.38 Å². The Bertz CT molecular complexity index is 318. The second-order valence-corrected chi connectivity index (χ2v) is 5.68. The van der Waals surface area contributed by atoms with E-state index in [1.807, 2.05) is 17.9 Å². The molecule has 1 saturated carbocycles. The number of rotatable bonds is 1. The van der Waals surface area contributed by atoms with E-state index < -0.39 is 0 Å². The fourth-order valence-electron chi connectivity index (χ4n) is 2.41. The summed E-state index contributed by atoms with van der Waals surface area (Å²) in [5.41, 5.74) is 1.26. The molecule has 0 saturated heterocycles. The summed E-state index contributed by atoms with van der Waals surface area (Å²) in [6, 6.07) is 0. The molecule has 1 aliphatic carbocycles. The topological polar surface area (TPSA) is 17.8 Å². The fraction of sp³-hybridized carbons (Fsp3) is 0.727. The number of aromatic nitrogens is 2. The Morgan fingerprint density at radius 2 is 2.13 bits per heavy atom. The van der Waals surface area contributed by atoms with Crippen molar-refractivity contribution in [2.45, 2.75) is 43.4 Å². The molecular formula is C11H16BrClN2. The highest BCUT2D eigenvalue weighted by atomic mass is 79.9. The average Bonchev–Trinajstić information content (AvgIpc) is 2.42. The van der Waals surface area contributed by atoms with Gasteiger partial charge in [0.1, 0.15) is 0 Å². The molecule has 0 N–H and O–H groups in total. The summed E-state index contributed by atoms with van der Waals surface area (Å²) in [7, 11) is 1.99. The molecule has 0 aromatic carbocycles. The highest BCUT2D eigenvalue weighted by Crippen LogP contribution is 2.37. The van der Waals surface area contributed by atoms with Crippen LogP contribution in [0.4, 0.5) is 0 Å². The van der Waals surface area contributed by atoms with Gasteiger partial charge in [-0.2, -0.15) is 5.10 Å². The number of alkyl halides is 1. The first kappa shape index (κ1) is 11.5. The molecule has 0 radical (unpaired) electrons. The maximum absolute atomic E-state index is 6.46. The Labute approximate surface area is 104 Å². The third-order valence-electron chi connectivity index (χ3n) is 3.22. The van der Waals surface area contributed by atoms with Crippen LogP contribution in [0.1, 0.15) is 43.7 Å². The van der Waals surface area contributed by atoms with E-state index in [1.165, 1.54) is 31.4 Å². The van der Waals surface area contributed by atoms with Crippen LogP contribution in [-0.4, -0.2) is 15.2 Å². The lowest BCUT2D eigenvalue weighted by molar-refractivity contribution is 0.545. The van der Waals surface area contributed by atoms with Crippen molar-refractivity contribution in [3.05, 3.63) is 16.4 Å². The molecular weight excluding hydrogens is 275 g/mol. The molecule has 2 atom stereocenters. The molecule has 2 rings (SSSR count). The third-order valence-corrected chi connectivity index (χ3v) is 4.35. The summed E-state index contributed by atoms with van der Waals surface area (Å²) in [5, 5.41) is 4.53. The van der Waals surface area contributed by atoms with E-state index in [0.29, 0.717) is 5.92 Å². The largest absolute Gasteiger partial charge is 0.271 e. The summed E-state index contributed by atoms with van der Waals surface area (Å²) >= 11 is 10.0. The van der Waals surface area contributed by atoms with Crippen LogP contribution in [0.5, 0.6) is 0 Å². The summed E-state index contributed by atoms with van der Waals surface area (Å²) in [4.78, 5) is 0. The van der Waals surface area contributed by atoms with E-state index in [1.54, 1.807) is 0 Å². The smallest absolute Gasteiger partial charge is 0.0635 e. The molecule has 84 valence electrons. The Kier molecular flexibility index (Phi) is 3.73. The number of hydrogen-bond acceptors (Lipinski definition) is 1. The number of halogens is 2. The van der Waals surface area contributed by atoms with Crippen LogP contribution in [0, 0.1) is 0 Å². The summed E-state index contributed by atoms with van der Waals surface area (Å²) < 4.78 is 3.05. The lowest BCUT2D eigenvalue weighted by Crippen LogP contribution is -2.15. The van der Waals surface area contributed by atoms with E-state index in [2.05, 4.69) is 21.0 Å². The van der Waals surface area contributed by atoms with E-state index in [9.17, 15) is 0 Å². The lowest BCUT2D eigenvalue weighted by Gasteiger charge is -2.20. The zero-order valence-corrected chi connectivity index (χ0v) is 11.3. The molecule has 2 nitrogen and oxygen atoms in total. The molecule has 1 aromatic rings. The molecule has 15 heavy (non-hydrogen) atoms. The average molecular weight is 292 g/mol. The quantitative estimate of drug-likeness (QED) is 0.568. The van der Waals surface area contributed by atoms with E-state index >= 15 is 0 Å². The van der Waals surface area contributed by atoms with Crippen molar-refractivity contribution in [2.75, 3.05) is 0 Å². The first-order chi connectivity index (χ1) is 7.20. The zero-order valence-electron chi connectivity index (χ0n) is 8.92. The van der Waals surface area contributed by atoms with Crippen LogP contribution < -0.4 is 0 Å². The van der Waals surface area contributed by atoms with Crippen LogP contribution in [0.25, 0.3) is 0 Å². The minimum atomic E-state index is 0.263. The van der Waals surface area contributed by atoms with Gasteiger partial charge >= 0.3 is 0 Å². The molecule has 1 aromatic heterocycles. The van der Waals surface area contributed by atoms with E-state index in [0.717, 1.165) is 10.9 Å². The van der Waals surface area contributed by atoms with Gasteiger partial charge in [0.25, 0.3) is 0 Å². The first-order valence-corrected chi connectivity index (χ1v) is 6.74. The summed E-state index contributed by atoms with van der Waals surface area (Å²) in [6.07, 6.45) is 8.04. The van der Waals surface area contributed by atoms with Gasteiger partial charge < -0.3 is 0 Å². The van der Waals surface area contributed by atoms with Gasteiger partial charge in [-0.05, 0) is 28.8 Å². The van der Waals surface area contributed by atoms with Crippen LogP contribution >= 0.6 is 27.5 Å². The van der Waals surface area contributed by atoms with Crippen LogP contribution in [0.2, 0.25) is 0 Å². The van der Waals surface area contributed by atoms with Crippen molar-refractivity contribution in [1.82, 2.24) is 9.78 Å². The molecule has 2 unspecified atom stereocenters. The Morgan fingerprint density at radius 3 is 2.80 bits per heavy atom. The van der Waals surface area contributed by atoms with Crippen molar-refractivity contribution in [1.29, 1.82) is 0 Å². The highest BCUT2D eigenvalue weighted by Gasteiger charge is 2.27. The lowest BCUT2D eigenvalue weighted by atomic mass is 9.96. The summed E-state index contributed by atoms with van der Waals surface area (Å²) in [5.74, 6) is 0.455. The van der Waals surface area contributed by atoms with Crippen LogP contribution in [-0.2, 0) is 7.05 Å². The fourth-order valence-corrected chi connectivity index (χ4v) is 3.45. The highest BCUT2D eigenvalue weighted by molar-refractivity contribution is 9.10. The number of hydrogen-bond donors (Lipinski definition) is 0. The van der Waals surface area contributed by atoms with Gasteiger partial charge in [-0.3, -0.25) is 4.68 Å². The minimum absolute atomic E-state index is 0.263. The second kappa shape index (κ2) is 4.88. The van der Waals surface area contributed by atoms with Gasteiger partial charge in [0.2, 0.25) is 0 Å². The van der Waals surface area contributed by atoms with Crippen molar-refractivity contribution in [3.63, 3.8) is 0 Å². The predicted molar refractivity (Wildman–Crippen MR) is 66.4 cm³/mol. The minimum Gasteiger partial charge on any atom is -0.271 e. The number of aryl methyl sites for hydroxylation is 1. The molecule has 1 aliphatic rings. The maximum atomic E-state index is 6.46. The Hall–Kier alpha value is -0.0200. The molecule has 1 heterocycles. The SMILES string of the molecule is Cn1ncc(Br)c1C1CCCCCC1Cl. The summed E-state index contributed by atoms with van der Waals surface area (Å²) in [6.45, 7) is 0. The molecule has 1 fully saturated rings. The van der Waals surface area contributed by atoms with Crippen molar-refractivity contribution in [2.24, 2.45) is 7.05 Å². The monoisotopic (exact) mass is 290 g/mol. The molecule has 0 bridgehead atoms. The van der Waals surface area contributed by atoms with Crippen LogP contribution in [0.15, 0.2) is 10.7 Å². The number of nitrogens with zero attached hydrogens (tertiary/aromatic N) is 2. The standard InChI is InChI=1S/C11H16BrClN2/c1-15-11(9(12)7-14-15)8-5-3-2-4-6-10(8)13/h7-8,10H,2-6H2,1H3. The Balaban J connectivity index is 2.27. The van der Waals surface area contributed by atoms with Crippen molar-refractivity contribution in [3.8, 4) is 0 Å². The van der Waals surface area contributed by atoms with E-state index in [4.69, 9.17) is 11.6 Å². The van der Waals surface area contributed by atoms with Crippen molar-refractivity contribution >= 4 is 27.5 Å². The third kappa shape index (κ3) is 2.39. The second-order valence-electron chi connectivity index (χ2n) is 4.26. The molecule has 0 spiro atoms.